The summed E-state index contributed by atoms with van der Waals surface area (Å²) < 4.78 is 11.0. The topological polar surface area (TPSA) is 38.8 Å². The standard InChI is InChI=1S/C16H24ClNO3/c1-12(2)21-14-8-7-13(10-15(14)20-4)11-18(3)16(19)6-5-9-17/h7-8,10,12H,5-6,9,11H2,1-4H3. The molecule has 0 aromatic heterocycles. The number of hydrogen-bond donors (Lipinski definition) is 0. The quantitative estimate of drug-likeness (QED) is 0.690. The lowest BCUT2D eigenvalue weighted by Crippen LogP contribution is -2.26. The third-order valence-corrected chi connectivity index (χ3v) is 3.23. The van der Waals surface area contributed by atoms with E-state index < -0.39 is 0 Å². The molecule has 5 heteroatoms. The Balaban J connectivity index is 2.73. The van der Waals surface area contributed by atoms with Crippen molar-refractivity contribution in [1.29, 1.82) is 0 Å². The Labute approximate surface area is 132 Å². The average molecular weight is 314 g/mol. The van der Waals surface area contributed by atoms with Crippen molar-refractivity contribution >= 4 is 17.5 Å². The summed E-state index contributed by atoms with van der Waals surface area (Å²) in [4.78, 5) is 13.6. The molecule has 0 atom stereocenters. The first-order valence-corrected chi connectivity index (χ1v) is 7.64. The number of nitrogens with zero attached hydrogens (tertiary/aromatic N) is 1. The Bertz CT molecular complexity index is 463. The molecule has 0 saturated heterocycles. The van der Waals surface area contributed by atoms with Gasteiger partial charge >= 0.3 is 0 Å². The van der Waals surface area contributed by atoms with E-state index in [0.717, 1.165) is 5.56 Å². The number of amides is 1. The van der Waals surface area contributed by atoms with Gasteiger partial charge in [-0.25, -0.2) is 0 Å². The Morgan fingerprint density at radius 2 is 2.05 bits per heavy atom. The van der Waals surface area contributed by atoms with Gasteiger partial charge in [0.05, 0.1) is 13.2 Å². The van der Waals surface area contributed by atoms with Crippen LogP contribution >= 0.6 is 11.6 Å². The Kier molecular flexibility index (Phi) is 7.37. The van der Waals surface area contributed by atoms with Crippen molar-refractivity contribution in [2.45, 2.75) is 39.3 Å². The Morgan fingerprint density at radius 3 is 2.62 bits per heavy atom. The first-order chi connectivity index (χ1) is 9.97. The van der Waals surface area contributed by atoms with Crippen molar-refractivity contribution in [2.75, 3.05) is 20.0 Å². The van der Waals surface area contributed by atoms with Crippen LogP contribution in [-0.2, 0) is 11.3 Å². The highest BCUT2D eigenvalue weighted by molar-refractivity contribution is 6.17. The molecule has 0 aliphatic heterocycles. The lowest BCUT2D eigenvalue weighted by Gasteiger charge is -2.19. The SMILES string of the molecule is COc1cc(CN(C)C(=O)CCCCl)ccc1OC(C)C. The summed E-state index contributed by atoms with van der Waals surface area (Å²) in [7, 11) is 3.41. The minimum Gasteiger partial charge on any atom is -0.493 e. The van der Waals surface area contributed by atoms with Crippen molar-refractivity contribution in [3.8, 4) is 11.5 Å². The lowest BCUT2D eigenvalue weighted by molar-refractivity contribution is -0.130. The highest BCUT2D eigenvalue weighted by Gasteiger charge is 2.12. The fourth-order valence-electron chi connectivity index (χ4n) is 1.93. The Morgan fingerprint density at radius 1 is 1.33 bits per heavy atom. The number of hydrogen-bond acceptors (Lipinski definition) is 3. The molecule has 0 spiro atoms. The summed E-state index contributed by atoms with van der Waals surface area (Å²) in [5.41, 5.74) is 1.00. The fraction of sp³-hybridized carbons (Fsp3) is 0.562. The van der Waals surface area contributed by atoms with Gasteiger partial charge < -0.3 is 14.4 Å². The average Bonchev–Trinajstić information content (AvgIpc) is 2.45. The van der Waals surface area contributed by atoms with Crippen LogP contribution in [0.1, 0.15) is 32.3 Å². The molecule has 0 aliphatic rings. The van der Waals surface area contributed by atoms with Crippen molar-refractivity contribution in [2.24, 2.45) is 0 Å². The monoisotopic (exact) mass is 313 g/mol. The van der Waals surface area contributed by atoms with Gasteiger partial charge in [0.15, 0.2) is 11.5 Å². The second kappa shape index (κ2) is 8.78. The van der Waals surface area contributed by atoms with Crippen molar-refractivity contribution in [1.82, 2.24) is 4.90 Å². The van der Waals surface area contributed by atoms with Crippen LogP contribution in [0.2, 0.25) is 0 Å². The van der Waals surface area contributed by atoms with E-state index in [0.29, 0.717) is 36.8 Å². The number of ether oxygens (including phenoxy) is 2. The summed E-state index contributed by atoms with van der Waals surface area (Å²) in [6, 6.07) is 5.74. The van der Waals surface area contributed by atoms with Gasteiger partial charge in [-0.15, -0.1) is 11.6 Å². The lowest BCUT2D eigenvalue weighted by atomic mass is 10.2. The van der Waals surface area contributed by atoms with Gasteiger partial charge in [-0.3, -0.25) is 4.79 Å². The first kappa shape index (κ1) is 17.6. The van der Waals surface area contributed by atoms with E-state index in [2.05, 4.69) is 0 Å². The third kappa shape index (κ3) is 5.84. The second-order valence-corrected chi connectivity index (χ2v) is 5.57. The van der Waals surface area contributed by atoms with Crippen LogP contribution in [0.3, 0.4) is 0 Å². The molecule has 0 bridgehead atoms. The number of benzene rings is 1. The molecule has 0 fully saturated rings. The zero-order valence-corrected chi connectivity index (χ0v) is 13.9. The van der Waals surface area contributed by atoms with Gasteiger partial charge in [0, 0.05) is 25.9 Å². The molecule has 0 radical (unpaired) electrons. The number of rotatable bonds is 8. The number of methoxy groups -OCH3 is 1. The van der Waals surface area contributed by atoms with E-state index >= 15 is 0 Å². The van der Waals surface area contributed by atoms with E-state index in [1.807, 2.05) is 32.0 Å². The normalized spacial score (nSPS) is 10.6. The van der Waals surface area contributed by atoms with Gasteiger partial charge in [-0.05, 0) is 38.0 Å². The van der Waals surface area contributed by atoms with Crippen molar-refractivity contribution in [3.63, 3.8) is 0 Å². The molecule has 21 heavy (non-hydrogen) atoms. The smallest absolute Gasteiger partial charge is 0.222 e. The van der Waals surface area contributed by atoms with Crippen LogP contribution in [0, 0.1) is 0 Å². The fourth-order valence-corrected chi connectivity index (χ4v) is 2.07. The highest BCUT2D eigenvalue weighted by atomic mass is 35.5. The van der Waals surface area contributed by atoms with Crippen molar-refractivity contribution < 1.29 is 14.3 Å². The maximum absolute atomic E-state index is 11.9. The maximum Gasteiger partial charge on any atom is 0.222 e. The predicted octanol–water partition coefficient (Wildman–Crippen LogP) is 3.46. The molecule has 0 N–H and O–H groups in total. The zero-order chi connectivity index (χ0) is 15.8. The van der Waals surface area contributed by atoms with Gasteiger partial charge in [-0.1, -0.05) is 6.07 Å². The van der Waals surface area contributed by atoms with E-state index in [9.17, 15) is 4.79 Å². The number of alkyl halides is 1. The van der Waals surface area contributed by atoms with Crippen LogP contribution in [0.4, 0.5) is 0 Å². The molecule has 4 nitrogen and oxygen atoms in total. The van der Waals surface area contributed by atoms with Gasteiger partial charge in [0.25, 0.3) is 0 Å². The zero-order valence-electron chi connectivity index (χ0n) is 13.2. The first-order valence-electron chi connectivity index (χ1n) is 7.11. The van der Waals surface area contributed by atoms with Crippen LogP contribution in [0.5, 0.6) is 11.5 Å². The summed E-state index contributed by atoms with van der Waals surface area (Å²) in [6.45, 7) is 4.48. The van der Waals surface area contributed by atoms with Crippen LogP contribution < -0.4 is 9.47 Å². The summed E-state index contributed by atoms with van der Waals surface area (Å²) in [5, 5.41) is 0. The number of halogens is 1. The highest BCUT2D eigenvalue weighted by Crippen LogP contribution is 2.29. The summed E-state index contributed by atoms with van der Waals surface area (Å²) in [6.07, 6.45) is 1.27. The minimum absolute atomic E-state index is 0.0876. The predicted molar refractivity (Wildman–Crippen MR) is 85.2 cm³/mol. The largest absolute Gasteiger partial charge is 0.493 e. The van der Waals surface area contributed by atoms with Crippen LogP contribution in [0.25, 0.3) is 0 Å². The third-order valence-electron chi connectivity index (χ3n) is 2.96. The molecule has 118 valence electrons. The second-order valence-electron chi connectivity index (χ2n) is 5.19. The minimum atomic E-state index is 0.0876. The molecule has 1 aromatic rings. The van der Waals surface area contributed by atoms with Gasteiger partial charge in [-0.2, -0.15) is 0 Å². The van der Waals surface area contributed by atoms with Crippen LogP contribution in [-0.4, -0.2) is 36.9 Å². The van der Waals surface area contributed by atoms with E-state index in [1.165, 1.54) is 0 Å². The molecule has 1 amide bonds. The molecule has 0 saturated carbocycles. The molecular weight excluding hydrogens is 290 g/mol. The molecule has 0 unspecified atom stereocenters. The van der Waals surface area contributed by atoms with Gasteiger partial charge in [0.1, 0.15) is 0 Å². The van der Waals surface area contributed by atoms with E-state index in [-0.39, 0.29) is 12.0 Å². The molecular formula is C16H24ClNO3. The Hall–Kier alpha value is -1.42. The molecule has 0 heterocycles. The molecule has 1 aromatic carbocycles. The molecule has 0 aliphatic carbocycles. The number of carbonyl (C=O) groups is 1. The summed E-state index contributed by atoms with van der Waals surface area (Å²) in [5.74, 6) is 2.00. The number of carbonyl (C=O) groups excluding carboxylic acids is 1. The van der Waals surface area contributed by atoms with Gasteiger partial charge in [0.2, 0.25) is 5.91 Å². The van der Waals surface area contributed by atoms with Crippen molar-refractivity contribution in [3.05, 3.63) is 23.8 Å². The molecule has 1 rings (SSSR count). The summed E-state index contributed by atoms with van der Waals surface area (Å²) >= 11 is 5.61. The van der Waals surface area contributed by atoms with E-state index in [1.54, 1.807) is 19.1 Å². The maximum atomic E-state index is 11.9. The van der Waals surface area contributed by atoms with Crippen LogP contribution in [0.15, 0.2) is 18.2 Å². The van der Waals surface area contributed by atoms with E-state index in [4.69, 9.17) is 21.1 Å².